The van der Waals surface area contributed by atoms with Gasteiger partial charge in [-0.3, -0.25) is 0 Å². The van der Waals surface area contributed by atoms with Crippen LogP contribution >= 0.6 is 11.9 Å². The quantitative estimate of drug-likeness (QED) is 0.425. The third-order valence-corrected chi connectivity index (χ3v) is 7.40. The lowest BCUT2D eigenvalue weighted by Gasteiger charge is -2.36. The van der Waals surface area contributed by atoms with E-state index in [9.17, 15) is 23.4 Å². The second-order valence-electron chi connectivity index (χ2n) is 9.00. The normalized spacial score (nSPS) is 21.3. The Balaban J connectivity index is 1.12. The van der Waals surface area contributed by atoms with Gasteiger partial charge in [0.15, 0.2) is 0 Å². The number of alkyl halides is 3. The summed E-state index contributed by atoms with van der Waals surface area (Å²) in [6.07, 6.45) is -2.12. The van der Waals surface area contributed by atoms with Gasteiger partial charge in [0.05, 0.1) is 23.8 Å². The molecule has 0 amide bonds. The molecule has 11 heteroatoms. The maximum Gasteiger partial charge on any atom is 0.417 e. The summed E-state index contributed by atoms with van der Waals surface area (Å²) in [7, 11) is 0. The van der Waals surface area contributed by atoms with Crippen molar-refractivity contribution in [3.8, 4) is 11.1 Å². The lowest BCUT2D eigenvalue weighted by molar-refractivity contribution is -0.137. The van der Waals surface area contributed by atoms with Gasteiger partial charge < -0.3 is 20.4 Å². The van der Waals surface area contributed by atoms with Gasteiger partial charge in [-0.2, -0.15) is 13.2 Å². The molecule has 190 valence electrons. The molecular formula is C25H26F3N5O2S. The van der Waals surface area contributed by atoms with Crippen molar-refractivity contribution < 1.29 is 23.4 Å². The molecule has 2 aromatic heterocycles. The van der Waals surface area contributed by atoms with Crippen molar-refractivity contribution >= 4 is 23.6 Å². The highest BCUT2D eigenvalue weighted by Crippen LogP contribution is 2.31. The van der Waals surface area contributed by atoms with Gasteiger partial charge >= 0.3 is 6.18 Å². The molecule has 0 aliphatic carbocycles. The third kappa shape index (κ3) is 5.75. The Labute approximate surface area is 211 Å². The Morgan fingerprint density at radius 1 is 0.889 bits per heavy atom. The van der Waals surface area contributed by atoms with Crippen LogP contribution in [0.5, 0.6) is 0 Å². The summed E-state index contributed by atoms with van der Waals surface area (Å²) in [4.78, 5) is 11.4. The highest BCUT2D eigenvalue weighted by atomic mass is 32.2. The van der Waals surface area contributed by atoms with E-state index in [1.165, 1.54) is 6.07 Å². The predicted molar refractivity (Wildman–Crippen MR) is 133 cm³/mol. The first-order valence-electron chi connectivity index (χ1n) is 11.6. The van der Waals surface area contributed by atoms with E-state index < -0.39 is 17.8 Å². The number of anilines is 2. The molecule has 2 atom stereocenters. The Morgan fingerprint density at radius 2 is 1.64 bits per heavy atom. The number of rotatable bonds is 6. The molecule has 7 nitrogen and oxygen atoms in total. The van der Waals surface area contributed by atoms with E-state index in [1.54, 1.807) is 11.9 Å². The molecule has 2 saturated heterocycles. The number of piperidine rings is 1. The zero-order valence-corrected chi connectivity index (χ0v) is 20.1. The van der Waals surface area contributed by atoms with Crippen LogP contribution in [0.4, 0.5) is 24.8 Å². The van der Waals surface area contributed by atoms with Gasteiger partial charge in [-0.05, 0) is 60.3 Å². The molecule has 2 aliphatic heterocycles. The second kappa shape index (κ2) is 10.3. The summed E-state index contributed by atoms with van der Waals surface area (Å²) < 4.78 is 40.2. The van der Waals surface area contributed by atoms with Crippen molar-refractivity contribution in [1.82, 2.24) is 14.3 Å². The maximum atomic E-state index is 12.7. The molecule has 1 aromatic carbocycles. The zero-order valence-electron chi connectivity index (χ0n) is 19.3. The number of nitrogens with one attached hydrogen (secondary N) is 1. The van der Waals surface area contributed by atoms with Gasteiger partial charge in [0.25, 0.3) is 0 Å². The van der Waals surface area contributed by atoms with Crippen LogP contribution in [0.15, 0.2) is 65.8 Å². The molecule has 5 rings (SSSR count). The predicted octanol–water partition coefficient (Wildman–Crippen LogP) is 3.90. The average Bonchev–Trinajstić information content (AvgIpc) is 2.84. The van der Waals surface area contributed by atoms with Gasteiger partial charge in [0.2, 0.25) is 0 Å². The van der Waals surface area contributed by atoms with Crippen LogP contribution in [0.3, 0.4) is 0 Å². The van der Waals surface area contributed by atoms with Crippen molar-refractivity contribution in [3.05, 3.63) is 66.5 Å². The lowest BCUT2D eigenvalue weighted by atomic mass is 10.0. The average molecular weight is 518 g/mol. The largest absolute Gasteiger partial charge is 0.417 e. The molecule has 3 N–H and O–H groups in total. The highest BCUT2D eigenvalue weighted by molar-refractivity contribution is 7.97. The molecule has 2 unspecified atom stereocenters. The fraction of sp³-hybridized carbons (Fsp3) is 0.360. The Bertz CT molecular complexity index is 1160. The molecule has 2 aliphatic rings. The van der Waals surface area contributed by atoms with Gasteiger partial charge in [-0.1, -0.05) is 12.1 Å². The van der Waals surface area contributed by atoms with Crippen LogP contribution in [-0.4, -0.2) is 68.9 Å². The molecule has 0 bridgehead atoms. The summed E-state index contributed by atoms with van der Waals surface area (Å²) in [6, 6.07) is 14.1. The first kappa shape index (κ1) is 24.8. The SMILES string of the molecule is OC1CN(c2ccc(-c3ccc(SN4CCC(Nc5ccc(C(F)(F)F)cn5)C(O)C4)cc3)cn2)C1. The van der Waals surface area contributed by atoms with Gasteiger partial charge in [0.1, 0.15) is 11.6 Å². The molecule has 36 heavy (non-hydrogen) atoms. The molecular weight excluding hydrogens is 491 g/mol. The third-order valence-electron chi connectivity index (χ3n) is 6.33. The van der Waals surface area contributed by atoms with E-state index >= 15 is 0 Å². The minimum Gasteiger partial charge on any atom is -0.390 e. The van der Waals surface area contributed by atoms with E-state index in [2.05, 4.69) is 19.6 Å². The van der Waals surface area contributed by atoms with E-state index in [1.807, 2.05) is 47.5 Å². The van der Waals surface area contributed by atoms with Crippen molar-refractivity contribution in [2.45, 2.75) is 35.7 Å². The number of nitrogens with zero attached hydrogens (tertiary/aromatic N) is 4. The van der Waals surface area contributed by atoms with Crippen molar-refractivity contribution in [2.24, 2.45) is 0 Å². The van der Waals surface area contributed by atoms with Crippen LogP contribution in [-0.2, 0) is 6.18 Å². The number of hydrogen-bond acceptors (Lipinski definition) is 8. The Kier molecular flexibility index (Phi) is 7.07. The number of aliphatic hydroxyl groups excluding tert-OH is 2. The van der Waals surface area contributed by atoms with Crippen molar-refractivity contribution in [1.29, 1.82) is 0 Å². The minimum atomic E-state index is -4.42. The van der Waals surface area contributed by atoms with Crippen LogP contribution in [0, 0.1) is 0 Å². The van der Waals surface area contributed by atoms with Gasteiger partial charge in [-0.25, -0.2) is 14.3 Å². The highest BCUT2D eigenvalue weighted by Gasteiger charge is 2.32. The van der Waals surface area contributed by atoms with E-state index in [0.717, 1.165) is 34.1 Å². The van der Waals surface area contributed by atoms with Crippen molar-refractivity contribution in [2.75, 3.05) is 36.4 Å². The molecule has 0 saturated carbocycles. The summed E-state index contributed by atoms with van der Waals surface area (Å²) in [5.41, 5.74) is 1.26. The van der Waals surface area contributed by atoms with Gasteiger partial charge in [-0.15, -0.1) is 0 Å². The van der Waals surface area contributed by atoms with E-state index in [-0.39, 0.29) is 12.1 Å². The monoisotopic (exact) mass is 517 g/mol. The van der Waals surface area contributed by atoms with Crippen LogP contribution in [0.2, 0.25) is 0 Å². The molecule has 2 fully saturated rings. The number of benzene rings is 1. The first-order chi connectivity index (χ1) is 17.2. The summed E-state index contributed by atoms with van der Waals surface area (Å²) in [5, 5.41) is 23.1. The fourth-order valence-corrected chi connectivity index (χ4v) is 5.21. The van der Waals surface area contributed by atoms with Crippen LogP contribution in [0.1, 0.15) is 12.0 Å². The minimum absolute atomic E-state index is 0.268. The smallest absolute Gasteiger partial charge is 0.390 e. The van der Waals surface area contributed by atoms with E-state index in [4.69, 9.17) is 0 Å². The maximum absolute atomic E-state index is 12.7. The van der Waals surface area contributed by atoms with Crippen molar-refractivity contribution in [3.63, 3.8) is 0 Å². The number of β-amino-alcohol motifs (C(OH)–C–C–N with tert-alkyl or cyclic N) is 2. The second-order valence-corrected chi connectivity index (χ2v) is 10.2. The zero-order chi connectivity index (χ0) is 25.3. The van der Waals surface area contributed by atoms with Gasteiger partial charge in [0, 0.05) is 49.0 Å². The number of aliphatic hydroxyl groups is 2. The fourth-order valence-electron chi connectivity index (χ4n) is 4.23. The number of pyridine rings is 2. The standard InChI is InChI=1S/C25H26F3N5O2S/c26-25(27,28)18-4-7-23(29-12-18)31-21-9-10-33(15-22(21)35)36-20-5-1-16(2-6-20)17-3-8-24(30-11-17)32-13-19(34)14-32/h1-8,11-12,19,21-22,34-35H,9-10,13-15H2,(H,29,31). The number of hydrogen-bond donors (Lipinski definition) is 3. The molecule has 4 heterocycles. The number of halogens is 3. The molecule has 0 radical (unpaired) electrons. The Morgan fingerprint density at radius 3 is 2.22 bits per heavy atom. The first-order valence-corrected chi connectivity index (χ1v) is 12.4. The number of aromatic nitrogens is 2. The molecule has 3 aromatic rings. The Hall–Kier alpha value is -2.86. The molecule has 0 spiro atoms. The van der Waals surface area contributed by atoms with Crippen LogP contribution < -0.4 is 10.2 Å². The summed E-state index contributed by atoms with van der Waals surface area (Å²) in [5.74, 6) is 1.18. The lowest BCUT2D eigenvalue weighted by Crippen LogP contribution is -2.51. The van der Waals surface area contributed by atoms with Crippen LogP contribution in [0.25, 0.3) is 11.1 Å². The van der Waals surface area contributed by atoms with E-state index in [0.29, 0.717) is 38.4 Å². The summed E-state index contributed by atoms with van der Waals surface area (Å²) >= 11 is 1.56. The summed E-state index contributed by atoms with van der Waals surface area (Å²) in [6.45, 7) is 2.36. The topological polar surface area (TPSA) is 84.8 Å².